The highest BCUT2D eigenvalue weighted by molar-refractivity contribution is 5.52. The molecule has 0 radical (unpaired) electrons. The summed E-state index contributed by atoms with van der Waals surface area (Å²) in [4.78, 5) is 4.20. The molecule has 0 aliphatic rings. The van der Waals surface area contributed by atoms with Crippen molar-refractivity contribution in [2.75, 3.05) is 19.0 Å². The topological polar surface area (TPSA) is 43.4 Å². The van der Waals surface area contributed by atoms with Crippen molar-refractivity contribution in [1.29, 1.82) is 0 Å². The van der Waals surface area contributed by atoms with E-state index in [0.29, 0.717) is 5.88 Å². The number of methoxy groups -OCH3 is 1. The normalized spacial score (nSPS) is 12.6. The van der Waals surface area contributed by atoms with E-state index in [4.69, 9.17) is 9.47 Å². The standard InChI is InChI=1S/C12H20N2O2/c1-9(2)16-12-11(6-5-7-13-12)14-8-10(3)15-4/h5-7,9-10,14H,8H2,1-4H3. The van der Waals surface area contributed by atoms with E-state index in [1.54, 1.807) is 13.3 Å². The fourth-order valence-electron chi connectivity index (χ4n) is 1.18. The molecule has 0 aromatic carbocycles. The summed E-state index contributed by atoms with van der Waals surface area (Å²) in [5.74, 6) is 0.640. The molecule has 1 unspecified atom stereocenters. The van der Waals surface area contributed by atoms with Crippen LogP contribution in [0.25, 0.3) is 0 Å². The Balaban J connectivity index is 2.63. The van der Waals surface area contributed by atoms with Crippen LogP contribution in [0.3, 0.4) is 0 Å². The summed E-state index contributed by atoms with van der Waals surface area (Å²) >= 11 is 0. The number of hydrogen-bond donors (Lipinski definition) is 1. The van der Waals surface area contributed by atoms with Crippen molar-refractivity contribution < 1.29 is 9.47 Å². The molecule has 4 heteroatoms. The van der Waals surface area contributed by atoms with Crippen LogP contribution in [-0.4, -0.2) is 30.8 Å². The smallest absolute Gasteiger partial charge is 0.237 e. The first-order valence-electron chi connectivity index (χ1n) is 5.51. The number of aromatic nitrogens is 1. The molecule has 1 aromatic heterocycles. The summed E-state index contributed by atoms with van der Waals surface area (Å²) in [7, 11) is 1.70. The first-order valence-corrected chi connectivity index (χ1v) is 5.51. The summed E-state index contributed by atoms with van der Waals surface area (Å²) in [6.45, 7) is 6.70. The monoisotopic (exact) mass is 224 g/mol. The van der Waals surface area contributed by atoms with Crippen LogP contribution >= 0.6 is 0 Å². The molecule has 0 fully saturated rings. The second-order valence-corrected chi connectivity index (χ2v) is 3.95. The molecule has 0 aliphatic carbocycles. The molecule has 0 bridgehead atoms. The molecule has 90 valence electrons. The fraction of sp³-hybridized carbons (Fsp3) is 0.583. The average molecular weight is 224 g/mol. The van der Waals surface area contributed by atoms with E-state index in [2.05, 4.69) is 10.3 Å². The van der Waals surface area contributed by atoms with Gasteiger partial charge in [-0.15, -0.1) is 0 Å². The van der Waals surface area contributed by atoms with Gasteiger partial charge in [-0.25, -0.2) is 4.98 Å². The van der Waals surface area contributed by atoms with Crippen molar-refractivity contribution >= 4 is 5.69 Å². The van der Waals surface area contributed by atoms with Gasteiger partial charge in [0.1, 0.15) is 0 Å². The minimum absolute atomic E-state index is 0.121. The zero-order valence-corrected chi connectivity index (χ0v) is 10.4. The van der Waals surface area contributed by atoms with Crippen molar-refractivity contribution in [3.05, 3.63) is 18.3 Å². The molecular weight excluding hydrogens is 204 g/mol. The molecule has 0 saturated carbocycles. The molecule has 0 saturated heterocycles. The number of hydrogen-bond acceptors (Lipinski definition) is 4. The maximum atomic E-state index is 5.60. The number of nitrogens with one attached hydrogen (secondary N) is 1. The molecule has 0 aliphatic heterocycles. The van der Waals surface area contributed by atoms with Gasteiger partial charge < -0.3 is 14.8 Å². The second-order valence-electron chi connectivity index (χ2n) is 3.95. The van der Waals surface area contributed by atoms with Gasteiger partial charge in [0.2, 0.25) is 5.88 Å². The summed E-state index contributed by atoms with van der Waals surface area (Å²) in [5, 5.41) is 3.26. The largest absolute Gasteiger partial charge is 0.473 e. The summed E-state index contributed by atoms with van der Waals surface area (Å²) in [5.41, 5.74) is 0.903. The molecule has 1 atom stereocenters. The molecular formula is C12H20N2O2. The van der Waals surface area contributed by atoms with E-state index in [0.717, 1.165) is 12.2 Å². The van der Waals surface area contributed by atoms with Crippen molar-refractivity contribution in [3.63, 3.8) is 0 Å². The van der Waals surface area contributed by atoms with Crippen LogP contribution in [0.5, 0.6) is 5.88 Å². The SMILES string of the molecule is COC(C)CNc1cccnc1OC(C)C. The van der Waals surface area contributed by atoms with E-state index in [1.807, 2.05) is 32.9 Å². The lowest BCUT2D eigenvalue weighted by Gasteiger charge is -2.16. The van der Waals surface area contributed by atoms with Crippen molar-refractivity contribution in [2.45, 2.75) is 33.0 Å². The zero-order chi connectivity index (χ0) is 12.0. The van der Waals surface area contributed by atoms with Crippen LogP contribution in [0.2, 0.25) is 0 Å². The minimum Gasteiger partial charge on any atom is -0.473 e. The van der Waals surface area contributed by atoms with Crippen LogP contribution in [0.15, 0.2) is 18.3 Å². The lowest BCUT2D eigenvalue weighted by molar-refractivity contribution is 0.128. The Morgan fingerprint density at radius 1 is 1.38 bits per heavy atom. The van der Waals surface area contributed by atoms with Crippen LogP contribution in [0.1, 0.15) is 20.8 Å². The minimum atomic E-state index is 0.121. The highest BCUT2D eigenvalue weighted by Crippen LogP contribution is 2.21. The first kappa shape index (κ1) is 12.8. The van der Waals surface area contributed by atoms with Gasteiger partial charge in [0.05, 0.1) is 17.9 Å². The molecule has 16 heavy (non-hydrogen) atoms. The number of nitrogens with zero attached hydrogens (tertiary/aromatic N) is 1. The van der Waals surface area contributed by atoms with Gasteiger partial charge in [-0.05, 0) is 32.9 Å². The third-order valence-corrected chi connectivity index (χ3v) is 2.10. The maximum absolute atomic E-state index is 5.60. The third-order valence-electron chi connectivity index (χ3n) is 2.10. The Hall–Kier alpha value is -1.29. The predicted molar refractivity (Wildman–Crippen MR) is 65.0 cm³/mol. The molecule has 1 heterocycles. The van der Waals surface area contributed by atoms with E-state index in [-0.39, 0.29) is 12.2 Å². The van der Waals surface area contributed by atoms with Gasteiger partial charge in [0, 0.05) is 19.9 Å². The first-order chi connectivity index (χ1) is 7.63. The van der Waals surface area contributed by atoms with E-state index in [1.165, 1.54) is 0 Å². The van der Waals surface area contributed by atoms with E-state index < -0.39 is 0 Å². The summed E-state index contributed by atoms with van der Waals surface area (Å²) in [6.07, 6.45) is 2.00. The second kappa shape index (κ2) is 6.33. The Kier molecular flexibility index (Phi) is 5.05. The Morgan fingerprint density at radius 3 is 2.75 bits per heavy atom. The number of rotatable bonds is 6. The Bertz CT molecular complexity index is 316. The van der Waals surface area contributed by atoms with E-state index >= 15 is 0 Å². The quantitative estimate of drug-likeness (QED) is 0.805. The number of pyridine rings is 1. The van der Waals surface area contributed by atoms with Crippen molar-refractivity contribution in [3.8, 4) is 5.88 Å². The number of anilines is 1. The molecule has 0 amide bonds. The van der Waals surface area contributed by atoms with Gasteiger partial charge in [-0.1, -0.05) is 0 Å². The van der Waals surface area contributed by atoms with Crippen LogP contribution in [-0.2, 0) is 4.74 Å². The van der Waals surface area contributed by atoms with Crippen LogP contribution < -0.4 is 10.1 Å². The predicted octanol–water partition coefficient (Wildman–Crippen LogP) is 2.32. The summed E-state index contributed by atoms with van der Waals surface area (Å²) in [6, 6.07) is 3.83. The maximum Gasteiger partial charge on any atom is 0.237 e. The van der Waals surface area contributed by atoms with Gasteiger partial charge in [0.25, 0.3) is 0 Å². The Labute approximate surface area is 97.0 Å². The van der Waals surface area contributed by atoms with Crippen molar-refractivity contribution in [2.24, 2.45) is 0 Å². The molecule has 1 N–H and O–H groups in total. The van der Waals surface area contributed by atoms with Gasteiger partial charge in [-0.3, -0.25) is 0 Å². The number of ether oxygens (including phenoxy) is 2. The third kappa shape index (κ3) is 4.06. The van der Waals surface area contributed by atoms with Gasteiger partial charge in [-0.2, -0.15) is 0 Å². The lowest BCUT2D eigenvalue weighted by Crippen LogP contribution is -2.19. The molecule has 4 nitrogen and oxygen atoms in total. The van der Waals surface area contributed by atoms with Crippen LogP contribution in [0.4, 0.5) is 5.69 Å². The highest BCUT2D eigenvalue weighted by atomic mass is 16.5. The lowest BCUT2D eigenvalue weighted by atomic mass is 10.3. The molecule has 1 rings (SSSR count). The zero-order valence-electron chi connectivity index (χ0n) is 10.4. The van der Waals surface area contributed by atoms with Crippen molar-refractivity contribution in [1.82, 2.24) is 4.98 Å². The van der Waals surface area contributed by atoms with Gasteiger partial charge in [0.15, 0.2) is 0 Å². The average Bonchev–Trinajstić information content (AvgIpc) is 2.26. The molecule has 1 aromatic rings. The van der Waals surface area contributed by atoms with Crippen LogP contribution in [0, 0.1) is 0 Å². The summed E-state index contributed by atoms with van der Waals surface area (Å²) < 4.78 is 10.8. The fourth-order valence-corrected chi connectivity index (χ4v) is 1.18. The van der Waals surface area contributed by atoms with Gasteiger partial charge >= 0.3 is 0 Å². The Morgan fingerprint density at radius 2 is 2.12 bits per heavy atom. The van der Waals surface area contributed by atoms with E-state index in [9.17, 15) is 0 Å². The molecule has 0 spiro atoms. The highest BCUT2D eigenvalue weighted by Gasteiger charge is 2.07.